The summed E-state index contributed by atoms with van der Waals surface area (Å²) in [6.45, 7) is 0. The second kappa shape index (κ2) is 6.48. The number of amides is 1. The first kappa shape index (κ1) is 16.6. The van der Waals surface area contributed by atoms with Gasteiger partial charge in [0.1, 0.15) is 11.6 Å². The number of carbonyl (C=O) groups excluding carboxylic acids is 2. The topological polar surface area (TPSA) is 46.2 Å². The third-order valence-electron chi connectivity index (χ3n) is 5.16. The van der Waals surface area contributed by atoms with Gasteiger partial charge in [-0.1, -0.05) is 30.3 Å². The van der Waals surface area contributed by atoms with Gasteiger partial charge in [-0.3, -0.25) is 9.59 Å². The number of hydrogen-bond acceptors (Lipinski definition) is 2. The Morgan fingerprint density at radius 2 is 1.62 bits per heavy atom. The van der Waals surface area contributed by atoms with Crippen molar-refractivity contribution in [3.8, 4) is 0 Å². The zero-order chi connectivity index (χ0) is 18.3. The van der Waals surface area contributed by atoms with Gasteiger partial charge in [0.25, 0.3) is 0 Å². The van der Waals surface area contributed by atoms with E-state index in [1.54, 1.807) is 30.3 Å². The fourth-order valence-electron chi connectivity index (χ4n) is 3.95. The molecule has 0 radical (unpaired) electrons. The van der Waals surface area contributed by atoms with Gasteiger partial charge in [-0.2, -0.15) is 0 Å². The summed E-state index contributed by atoms with van der Waals surface area (Å²) >= 11 is 0. The van der Waals surface area contributed by atoms with Crippen LogP contribution in [0.3, 0.4) is 0 Å². The summed E-state index contributed by atoms with van der Waals surface area (Å²) in [6, 6.07) is 12.3. The van der Waals surface area contributed by atoms with E-state index in [0.29, 0.717) is 23.3 Å². The van der Waals surface area contributed by atoms with Crippen LogP contribution < -0.4 is 5.32 Å². The molecule has 2 aromatic carbocycles. The molecule has 0 aromatic heterocycles. The molecule has 2 aliphatic rings. The predicted molar refractivity (Wildman–Crippen MR) is 92.3 cm³/mol. The van der Waals surface area contributed by atoms with Crippen molar-refractivity contribution in [2.45, 2.75) is 31.1 Å². The molecule has 2 atom stereocenters. The van der Waals surface area contributed by atoms with Gasteiger partial charge in [-0.25, -0.2) is 8.78 Å². The van der Waals surface area contributed by atoms with E-state index in [0.717, 1.165) is 5.56 Å². The standard InChI is InChI=1S/C21H17F2NO2/c22-14-7-5-12(6-8-14)13-9-18-21(19(25)10-13)16(11-20(26)24-18)15-3-1-2-4-17(15)23/h1-8,13,16H,9-11H2,(H,24,26)/t13-,16+/m1/s1. The molecule has 0 saturated carbocycles. The van der Waals surface area contributed by atoms with Gasteiger partial charge in [0, 0.05) is 30.0 Å². The van der Waals surface area contributed by atoms with E-state index in [-0.39, 0.29) is 36.3 Å². The van der Waals surface area contributed by atoms with E-state index in [9.17, 15) is 18.4 Å². The number of allylic oxidation sites excluding steroid dienone is 2. The second-order valence-electron chi connectivity index (χ2n) is 6.80. The van der Waals surface area contributed by atoms with E-state index in [1.165, 1.54) is 18.2 Å². The second-order valence-corrected chi connectivity index (χ2v) is 6.80. The monoisotopic (exact) mass is 353 g/mol. The van der Waals surface area contributed by atoms with Crippen LogP contribution in [0.5, 0.6) is 0 Å². The minimum atomic E-state index is -0.554. The molecule has 2 aromatic rings. The largest absolute Gasteiger partial charge is 0.329 e. The predicted octanol–water partition coefficient (Wildman–Crippen LogP) is 3.97. The van der Waals surface area contributed by atoms with Crippen molar-refractivity contribution >= 4 is 11.7 Å². The summed E-state index contributed by atoms with van der Waals surface area (Å²) in [4.78, 5) is 25.1. The van der Waals surface area contributed by atoms with Crippen LogP contribution in [0, 0.1) is 11.6 Å². The quantitative estimate of drug-likeness (QED) is 0.888. The van der Waals surface area contributed by atoms with Crippen molar-refractivity contribution in [1.29, 1.82) is 0 Å². The van der Waals surface area contributed by atoms with E-state index in [1.807, 2.05) is 0 Å². The van der Waals surface area contributed by atoms with Crippen LogP contribution >= 0.6 is 0 Å². The summed E-state index contributed by atoms with van der Waals surface area (Å²) < 4.78 is 27.4. The van der Waals surface area contributed by atoms with Gasteiger partial charge in [-0.15, -0.1) is 0 Å². The lowest BCUT2D eigenvalue weighted by atomic mass is 9.73. The Hall–Kier alpha value is -2.82. The van der Waals surface area contributed by atoms with E-state index in [4.69, 9.17) is 0 Å². The van der Waals surface area contributed by atoms with Gasteiger partial charge in [-0.05, 0) is 41.7 Å². The molecule has 0 unspecified atom stereocenters. The Balaban J connectivity index is 1.73. The zero-order valence-electron chi connectivity index (χ0n) is 14.0. The maximum Gasteiger partial charge on any atom is 0.225 e. The van der Waals surface area contributed by atoms with Gasteiger partial charge in [0.05, 0.1) is 0 Å². The first-order chi connectivity index (χ1) is 12.5. The van der Waals surface area contributed by atoms with Crippen LogP contribution in [-0.4, -0.2) is 11.7 Å². The highest BCUT2D eigenvalue weighted by Crippen LogP contribution is 2.42. The summed E-state index contributed by atoms with van der Waals surface area (Å²) in [5, 5.41) is 2.80. The molecule has 1 aliphatic heterocycles. The molecule has 4 rings (SSSR count). The zero-order valence-corrected chi connectivity index (χ0v) is 14.0. The number of rotatable bonds is 2. The molecule has 132 valence electrons. The fraction of sp³-hybridized carbons (Fsp3) is 0.238. The minimum absolute atomic E-state index is 0.0622. The lowest BCUT2D eigenvalue weighted by Crippen LogP contribution is -2.38. The molecule has 3 nitrogen and oxygen atoms in total. The van der Waals surface area contributed by atoms with Crippen molar-refractivity contribution in [3.63, 3.8) is 0 Å². The fourth-order valence-corrected chi connectivity index (χ4v) is 3.95. The number of ketones is 1. The van der Waals surface area contributed by atoms with Crippen molar-refractivity contribution < 1.29 is 18.4 Å². The number of nitrogens with one attached hydrogen (secondary N) is 1. The molecule has 1 aliphatic carbocycles. The van der Waals surface area contributed by atoms with E-state index in [2.05, 4.69) is 5.32 Å². The Morgan fingerprint density at radius 3 is 2.35 bits per heavy atom. The Bertz CT molecular complexity index is 918. The van der Waals surface area contributed by atoms with Crippen LogP contribution in [-0.2, 0) is 9.59 Å². The number of benzene rings is 2. The molecular weight excluding hydrogens is 336 g/mol. The third kappa shape index (κ3) is 2.94. The first-order valence-corrected chi connectivity index (χ1v) is 8.59. The molecule has 5 heteroatoms. The van der Waals surface area contributed by atoms with Crippen molar-refractivity contribution in [3.05, 3.63) is 82.6 Å². The number of hydrogen-bond donors (Lipinski definition) is 1. The van der Waals surface area contributed by atoms with Crippen LogP contribution in [0.2, 0.25) is 0 Å². The molecule has 26 heavy (non-hydrogen) atoms. The molecule has 0 fully saturated rings. The first-order valence-electron chi connectivity index (χ1n) is 8.59. The van der Waals surface area contributed by atoms with Crippen molar-refractivity contribution in [2.75, 3.05) is 0 Å². The normalized spacial score (nSPS) is 22.8. The van der Waals surface area contributed by atoms with E-state index >= 15 is 0 Å². The highest BCUT2D eigenvalue weighted by Gasteiger charge is 2.38. The summed E-state index contributed by atoms with van der Waals surface area (Å²) in [7, 11) is 0. The van der Waals surface area contributed by atoms with Gasteiger partial charge in [0.2, 0.25) is 5.91 Å². The smallest absolute Gasteiger partial charge is 0.225 e. The van der Waals surface area contributed by atoms with Crippen molar-refractivity contribution in [2.24, 2.45) is 0 Å². The molecule has 1 heterocycles. The average molecular weight is 353 g/mol. The molecular formula is C21H17F2NO2. The lowest BCUT2D eigenvalue weighted by Gasteiger charge is -2.34. The average Bonchev–Trinajstić information content (AvgIpc) is 2.61. The Labute approximate surface area is 149 Å². The summed E-state index contributed by atoms with van der Waals surface area (Å²) in [6.07, 6.45) is 0.807. The van der Waals surface area contributed by atoms with Crippen LogP contribution in [0.15, 0.2) is 59.8 Å². The van der Waals surface area contributed by atoms with Crippen LogP contribution in [0.1, 0.15) is 42.2 Å². The van der Waals surface area contributed by atoms with Crippen molar-refractivity contribution in [1.82, 2.24) is 5.32 Å². The molecule has 0 spiro atoms. The molecule has 0 saturated heterocycles. The number of carbonyl (C=O) groups is 2. The minimum Gasteiger partial charge on any atom is -0.329 e. The Kier molecular flexibility index (Phi) is 4.15. The maximum absolute atomic E-state index is 14.3. The Morgan fingerprint density at radius 1 is 0.885 bits per heavy atom. The lowest BCUT2D eigenvalue weighted by molar-refractivity contribution is -0.122. The van der Waals surface area contributed by atoms with Crippen LogP contribution in [0.4, 0.5) is 8.78 Å². The SMILES string of the molecule is O=C1C[C@@H](c2ccccc2F)C2=C(C[C@@H](c3ccc(F)cc3)CC2=O)N1. The van der Waals surface area contributed by atoms with Gasteiger partial charge < -0.3 is 5.32 Å². The summed E-state index contributed by atoms with van der Waals surface area (Å²) in [5.74, 6) is -1.73. The van der Waals surface area contributed by atoms with Crippen LogP contribution in [0.25, 0.3) is 0 Å². The highest BCUT2D eigenvalue weighted by atomic mass is 19.1. The molecule has 1 N–H and O–H groups in total. The third-order valence-corrected chi connectivity index (χ3v) is 5.16. The van der Waals surface area contributed by atoms with Gasteiger partial charge in [0.15, 0.2) is 5.78 Å². The number of halogens is 2. The molecule has 0 bridgehead atoms. The number of Topliss-reactive ketones (excluding diaryl/α,β-unsaturated/α-hetero) is 1. The van der Waals surface area contributed by atoms with E-state index < -0.39 is 11.7 Å². The summed E-state index contributed by atoms with van der Waals surface area (Å²) in [5.41, 5.74) is 2.31. The molecule has 1 amide bonds. The maximum atomic E-state index is 14.3. The highest BCUT2D eigenvalue weighted by molar-refractivity contribution is 6.02. The van der Waals surface area contributed by atoms with Gasteiger partial charge >= 0.3 is 0 Å².